The molecule has 210 valence electrons. The van der Waals surface area contributed by atoms with Crippen LogP contribution < -0.4 is 5.32 Å². The summed E-state index contributed by atoms with van der Waals surface area (Å²) >= 11 is 0. The van der Waals surface area contributed by atoms with Crippen molar-refractivity contribution in [2.45, 2.75) is 76.3 Å². The van der Waals surface area contributed by atoms with Gasteiger partial charge >= 0.3 is 17.9 Å². The number of nitrogens with zero attached hydrogens (tertiary/aromatic N) is 3. The average molecular weight is 523 g/mol. The maximum Gasteiger partial charge on any atom is 0.317 e. The SMILES string of the molecule is C[C@H](O)[C@H]1CN[C@@H]([C@H](C)O)CN(CC(=O)O)[C@@H]([C@H](C)O)CN(CC(=O)O)[C@@H]([C@H](C)O)CN1CC(=O)O. The minimum absolute atomic E-state index is 0.00618. The lowest BCUT2D eigenvalue weighted by Crippen LogP contribution is -2.64. The second-order valence-electron chi connectivity index (χ2n) is 9.65. The zero-order valence-electron chi connectivity index (χ0n) is 21.3. The standard InChI is InChI=1S/C22H42N4O10/c1-12(27)16-6-24(9-20(31)32)18(14(3)29)8-26(11-22(35)36)19(15(4)30)7-25(10-21(33)34)17(5-23-16)13(2)28/h12-19,23,27-30H,5-11H2,1-4H3,(H,31,32)(H,33,34)(H,35,36)/t12-,13-,14-,15-,16+,17+,18+,19+/m0/s1. The Labute approximate surface area is 210 Å². The molecule has 1 aliphatic heterocycles. The zero-order valence-corrected chi connectivity index (χ0v) is 21.3. The first-order chi connectivity index (χ1) is 16.6. The molecule has 0 aromatic heterocycles. The lowest BCUT2D eigenvalue weighted by atomic mass is 10.0. The van der Waals surface area contributed by atoms with Crippen molar-refractivity contribution in [2.24, 2.45) is 0 Å². The first-order valence-corrected chi connectivity index (χ1v) is 12.0. The molecule has 0 unspecified atom stereocenters. The van der Waals surface area contributed by atoms with Crippen LogP contribution in [-0.4, -0.2) is 163 Å². The van der Waals surface area contributed by atoms with Gasteiger partial charge in [0.05, 0.1) is 44.1 Å². The largest absolute Gasteiger partial charge is 0.480 e. The number of rotatable bonds is 10. The second kappa shape index (κ2) is 14.7. The molecule has 0 spiro atoms. The van der Waals surface area contributed by atoms with Crippen molar-refractivity contribution >= 4 is 17.9 Å². The third kappa shape index (κ3) is 10.2. The number of aliphatic hydroxyl groups is 4. The Balaban J connectivity index is 3.67. The van der Waals surface area contributed by atoms with E-state index in [1.807, 2.05) is 0 Å². The van der Waals surface area contributed by atoms with E-state index in [2.05, 4.69) is 5.32 Å². The summed E-state index contributed by atoms with van der Waals surface area (Å²) in [4.78, 5) is 39.3. The predicted molar refractivity (Wildman–Crippen MR) is 128 cm³/mol. The van der Waals surface area contributed by atoms with E-state index in [0.29, 0.717) is 0 Å². The lowest BCUT2D eigenvalue weighted by Gasteiger charge is -2.45. The molecule has 0 aliphatic carbocycles. The second-order valence-corrected chi connectivity index (χ2v) is 9.65. The Morgan fingerprint density at radius 3 is 1.28 bits per heavy atom. The number of aliphatic carboxylic acids is 3. The van der Waals surface area contributed by atoms with Crippen LogP contribution in [0.15, 0.2) is 0 Å². The van der Waals surface area contributed by atoms with Gasteiger partial charge in [-0.2, -0.15) is 0 Å². The summed E-state index contributed by atoms with van der Waals surface area (Å²) in [6.45, 7) is 3.89. The van der Waals surface area contributed by atoms with Gasteiger partial charge in [-0.3, -0.25) is 29.1 Å². The fourth-order valence-corrected chi connectivity index (χ4v) is 4.62. The lowest BCUT2D eigenvalue weighted by molar-refractivity contribution is -0.144. The van der Waals surface area contributed by atoms with Crippen LogP contribution in [0.3, 0.4) is 0 Å². The molecule has 1 saturated heterocycles. The first-order valence-electron chi connectivity index (χ1n) is 12.0. The molecule has 8 atom stereocenters. The van der Waals surface area contributed by atoms with Crippen LogP contribution in [0.1, 0.15) is 27.7 Å². The predicted octanol–water partition coefficient (Wildman–Crippen LogP) is -3.25. The molecule has 14 heteroatoms. The normalized spacial score (nSPS) is 29.3. The summed E-state index contributed by atoms with van der Waals surface area (Å²) < 4.78 is 0. The van der Waals surface area contributed by atoms with Gasteiger partial charge < -0.3 is 41.1 Å². The topological polar surface area (TPSA) is 215 Å². The van der Waals surface area contributed by atoms with Crippen LogP contribution in [0.5, 0.6) is 0 Å². The molecule has 1 fully saturated rings. The number of hydrogen-bond donors (Lipinski definition) is 8. The molecule has 0 aromatic rings. The summed E-state index contributed by atoms with van der Waals surface area (Å²) in [5.74, 6) is -3.62. The van der Waals surface area contributed by atoms with Crippen molar-refractivity contribution in [3.8, 4) is 0 Å². The van der Waals surface area contributed by atoms with Crippen molar-refractivity contribution in [3.63, 3.8) is 0 Å². The highest BCUT2D eigenvalue weighted by Crippen LogP contribution is 2.18. The van der Waals surface area contributed by atoms with E-state index >= 15 is 0 Å². The number of aliphatic hydroxyl groups excluding tert-OH is 4. The van der Waals surface area contributed by atoms with Crippen LogP contribution in [0.4, 0.5) is 0 Å². The Bertz CT molecular complexity index is 707. The maximum absolute atomic E-state index is 11.7. The van der Waals surface area contributed by atoms with Crippen LogP contribution in [0, 0.1) is 0 Å². The van der Waals surface area contributed by atoms with Crippen LogP contribution >= 0.6 is 0 Å². The molecule has 1 aliphatic rings. The number of carboxylic acid groups (broad SMARTS) is 3. The minimum atomic E-state index is -1.23. The van der Waals surface area contributed by atoms with Crippen molar-refractivity contribution < 1.29 is 50.1 Å². The highest BCUT2D eigenvalue weighted by molar-refractivity contribution is 5.70. The molecule has 0 saturated carbocycles. The van der Waals surface area contributed by atoms with Crippen molar-refractivity contribution in [1.82, 2.24) is 20.0 Å². The summed E-state index contributed by atoms with van der Waals surface area (Å²) in [5, 5.41) is 73.7. The molecular weight excluding hydrogens is 480 g/mol. The molecule has 0 bridgehead atoms. The van der Waals surface area contributed by atoms with E-state index < -0.39 is 86.1 Å². The van der Waals surface area contributed by atoms with Crippen LogP contribution in [0.25, 0.3) is 0 Å². The van der Waals surface area contributed by atoms with E-state index in [-0.39, 0.29) is 26.2 Å². The summed E-state index contributed by atoms with van der Waals surface area (Å²) in [5.41, 5.74) is 0. The van der Waals surface area contributed by atoms with Gasteiger partial charge in [0.25, 0.3) is 0 Å². The van der Waals surface area contributed by atoms with Gasteiger partial charge in [-0.25, -0.2) is 0 Å². The highest BCUT2D eigenvalue weighted by Gasteiger charge is 2.38. The number of nitrogens with one attached hydrogen (secondary N) is 1. The van der Waals surface area contributed by atoms with Gasteiger partial charge in [-0.05, 0) is 27.7 Å². The van der Waals surface area contributed by atoms with Gasteiger partial charge in [0.2, 0.25) is 0 Å². The molecular formula is C22H42N4O10. The van der Waals surface area contributed by atoms with Crippen LogP contribution in [0.2, 0.25) is 0 Å². The van der Waals surface area contributed by atoms with E-state index in [1.165, 1.54) is 42.4 Å². The molecule has 1 heterocycles. The molecule has 0 radical (unpaired) electrons. The van der Waals surface area contributed by atoms with Gasteiger partial charge in [0, 0.05) is 50.3 Å². The molecule has 0 aromatic carbocycles. The first kappa shape index (κ1) is 32.1. The van der Waals surface area contributed by atoms with E-state index in [9.17, 15) is 50.1 Å². The van der Waals surface area contributed by atoms with E-state index in [1.54, 1.807) is 0 Å². The molecule has 36 heavy (non-hydrogen) atoms. The Kier molecular flexibility index (Phi) is 13.1. The third-order valence-electron chi connectivity index (χ3n) is 6.54. The van der Waals surface area contributed by atoms with E-state index in [4.69, 9.17) is 0 Å². The minimum Gasteiger partial charge on any atom is -0.480 e. The average Bonchev–Trinajstić information content (AvgIpc) is 2.70. The van der Waals surface area contributed by atoms with Crippen molar-refractivity contribution in [3.05, 3.63) is 0 Å². The summed E-state index contributed by atoms with van der Waals surface area (Å²) in [7, 11) is 0. The fourth-order valence-electron chi connectivity index (χ4n) is 4.62. The quantitative estimate of drug-likeness (QED) is 0.141. The molecule has 8 N–H and O–H groups in total. The Hall–Kier alpha value is -1.91. The Morgan fingerprint density at radius 1 is 0.639 bits per heavy atom. The zero-order chi connectivity index (χ0) is 27.7. The third-order valence-corrected chi connectivity index (χ3v) is 6.54. The van der Waals surface area contributed by atoms with E-state index in [0.717, 1.165) is 0 Å². The maximum atomic E-state index is 11.7. The number of hydrogen-bond acceptors (Lipinski definition) is 11. The Morgan fingerprint density at radius 2 is 0.972 bits per heavy atom. The van der Waals surface area contributed by atoms with Crippen LogP contribution in [-0.2, 0) is 14.4 Å². The molecule has 0 amide bonds. The summed E-state index contributed by atoms with van der Waals surface area (Å²) in [6, 6.07) is -3.35. The highest BCUT2D eigenvalue weighted by atomic mass is 16.4. The fraction of sp³-hybridized carbons (Fsp3) is 0.864. The van der Waals surface area contributed by atoms with Gasteiger partial charge in [-0.1, -0.05) is 0 Å². The molecule has 14 nitrogen and oxygen atoms in total. The monoisotopic (exact) mass is 522 g/mol. The summed E-state index contributed by atoms with van der Waals surface area (Å²) in [6.07, 6.45) is -4.29. The van der Waals surface area contributed by atoms with Gasteiger partial charge in [0.1, 0.15) is 0 Å². The van der Waals surface area contributed by atoms with Gasteiger partial charge in [-0.15, -0.1) is 0 Å². The van der Waals surface area contributed by atoms with Gasteiger partial charge in [0.15, 0.2) is 0 Å². The van der Waals surface area contributed by atoms with Crippen molar-refractivity contribution in [1.29, 1.82) is 0 Å². The smallest absolute Gasteiger partial charge is 0.317 e. The number of carbonyl (C=O) groups is 3. The molecule has 1 rings (SSSR count). The van der Waals surface area contributed by atoms with Crippen molar-refractivity contribution in [2.75, 3.05) is 45.8 Å². The number of carboxylic acids is 3.